The Morgan fingerprint density at radius 1 is 1.12 bits per heavy atom. The van der Waals surface area contributed by atoms with Gasteiger partial charge in [0.2, 0.25) is 0 Å². The molecule has 0 aliphatic carbocycles. The molecular formula is C21H15Cl2FN6O2. The van der Waals surface area contributed by atoms with E-state index < -0.39 is 23.8 Å². The van der Waals surface area contributed by atoms with Gasteiger partial charge in [-0.2, -0.15) is 10.4 Å². The van der Waals surface area contributed by atoms with Gasteiger partial charge in [-0.25, -0.2) is 9.18 Å². The van der Waals surface area contributed by atoms with Gasteiger partial charge >= 0.3 is 6.03 Å². The molecule has 3 amide bonds. The molecule has 2 heterocycles. The van der Waals surface area contributed by atoms with E-state index in [0.29, 0.717) is 16.8 Å². The number of carbonyl (C=O) groups is 2. The minimum Gasteiger partial charge on any atom is -0.365 e. The molecule has 0 radical (unpaired) electrons. The molecule has 32 heavy (non-hydrogen) atoms. The van der Waals surface area contributed by atoms with Crippen molar-refractivity contribution in [3.8, 4) is 17.3 Å². The summed E-state index contributed by atoms with van der Waals surface area (Å²) in [6, 6.07) is 9.01. The number of hydrogen-bond acceptors (Lipinski definition) is 4. The van der Waals surface area contributed by atoms with E-state index in [1.807, 2.05) is 6.07 Å². The Balaban J connectivity index is 1.98. The molecule has 0 saturated heterocycles. The first-order valence-corrected chi connectivity index (χ1v) is 10.1. The number of amides is 3. The summed E-state index contributed by atoms with van der Waals surface area (Å²) in [7, 11) is 0. The van der Waals surface area contributed by atoms with E-state index in [-0.39, 0.29) is 40.0 Å². The predicted molar refractivity (Wildman–Crippen MR) is 115 cm³/mol. The minimum absolute atomic E-state index is 0.0455. The number of benzene rings is 2. The standard InChI is InChI=1S/C21H15Cl2FN6O2/c22-13-8-11(1-2-12(13)9-25)18-19-16(20(26)31)17(10-3-4-15(24)14(23)7-10)28-30(19)6-5-29(18)21(27)32/h1-4,7-8,18H,5-6H2,(H2,26,31)(H2,27,32). The highest BCUT2D eigenvalue weighted by molar-refractivity contribution is 6.31. The van der Waals surface area contributed by atoms with Crippen LogP contribution in [0.1, 0.15) is 33.2 Å². The highest BCUT2D eigenvalue weighted by atomic mass is 35.5. The van der Waals surface area contributed by atoms with Gasteiger partial charge in [-0.15, -0.1) is 0 Å². The molecule has 11 heteroatoms. The monoisotopic (exact) mass is 472 g/mol. The summed E-state index contributed by atoms with van der Waals surface area (Å²) in [6.45, 7) is 0.447. The number of nitriles is 1. The Labute approximate surface area is 191 Å². The summed E-state index contributed by atoms with van der Waals surface area (Å²) in [5.74, 6) is -1.41. The lowest BCUT2D eigenvalue weighted by Gasteiger charge is -2.35. The third-order valence-electron chi connectivity index (χ3n) is 5.27. The molecule has 4 rings (SSSR count). The highest BCUT2D eigenvalue weighted by Crippen LogP contribution is 2.39. The third-order valence-corrected chi connectivity index (χ3v) is 5.87. The van der Waals surface area contributed by atoms with Crippen LogP contribution in [0.5, 0.6) is 0 Å². The molecule has 1 unspecified atom stereocenters. The van der Waals surface area contributed by atoms with Gasteiger partial charge < -0.3 is 16.4 Å². The molecule has 0 fully saturated rings. The fourth-order valence-corrected chi connectivity index (χ4v) is 4.27. The van der Waals surface area contributed by atoms with Crippen molar-refractivity contribution in [2.75, 3.05) is 6.54 Å². The summed E-state index contributed by atoms with van der Waals surface area (Å²) in [5, 5.41) is 13.7. The van der Waals surface area contributed by atoms with Gasteiger partial charge in [0.05, 0.1) is 33.4 Å². The van der Waals surface area contributed by atoms with Crippen molar-refractivity contribution in [3.05, 3.63) is 74.6 Å². The molecule has 3 aromatic rings. The van der Waals surface area contributed by atoms with Crippen molar-refractivity contribution in [2.24, 2.45) is 11.5 Å². The summed E-state index contributed by atoms with van der Waals surface area (Å²) >= 11 is 12.1. The van der Waals surface area contributed by atoms with Gasteiger partial charge in [-0.1, -0.05) is 29.3 Å². The number of nitrogens with zero attached hydrogens (tertiary/aromatic N) is 4. The van der Waals surface area contributed by atoms with E-state index in [0.717, 1.165) is 6.07 Å². The zero-order chi connectivity index (χ0) is 23.2. The fraction of sp³-hybridized carbons (Fsp3) is 0.143. The first-order chi connectivity index (χ1) is 15.2. The van der Waals surface area contributed by atoms with Crippen molar-refractivity contribution in [2.45, 2.75) is 12.6 Å². The molecule has 0 saturated carbocycles. The minimum atomic E-state index is -0.842. The fourth-order valence-electron chi connectivity index (χ4n) is 3.86. The van der Waals surface area contributed by atoms with Gasteiger partial charge in [0.25, 0.3) is 5.91 Å². The maximum Gasteiger partial charge on any atom is 0.315 e. The van der Waals surface area contributed by atoms with E-state index in [1.54, 1.807) is 10.7 Å². The van der Waals surface area contributed by atoms with Crippen LogP contribution in [0, 0.1) is 17.1 Å². The topological polar surface area (TPSA) is 131 Å². The lowest BCUT2D eigenvalue weighted by atomic mass is 9.94. The second kappa shape index (κ2) is 8.15. The highest BCUT2D eigenvalue weighted by Gasteiger charge is 2.38. The molecule has 0 bridgehead atoms. The van der Waals surface area contributed by atoms with Crippen molar-refractivity contribution in [1.29, 1.82) is 5.26 Å². The number of rotatable bonds is 3. The van der Waals surface area contributed by atoms with Gasteiger partial charge in [0, 0.05) is 12.1 Å². The van der Waals surface area contributed by atoms with E-state index in [9.17, 15) is 19.2 Å². The molecular weight excluding hydrogens is 458 g/mol. The summed E-state index contributed by atoms with van der Waals surface area (Å²) in [4.78, 5) is 26.2. The van der Waals surface area contributed by atoms with Crippen LogP contribution in [0.25, 0.3) is 11.3 Å². The second-order valence-electron chi connectivity index (χ2n) is 7.11. The number of urea groups is 1. The van der Waals surface area contributed by atoms with Crippen molar-refractivity contribution in [1.82, 2.24) is 14.7 Å². The van der Waals surface area contributed by atoms with Crippen LogP contribution in [0.15, 0.2) is 36.4 Å². The lowest BCUT2D eigenvalue weighted by Crippen LogP contribution is -2.46. The Hall–Kier alpha value is -3.61. The number of fused-ring (bicyclic) bond motifs is 1. The lowest BCUT2D eigenvalue weighted by molar-refractivity contribution is 0.0995. The molecule has 8 nitrogen and oxygen atoms in total. The van der Waals surface area contributed by atoms with Crippen LogP contribution >= 0.6 is 23.2 Å². The maximum absolute atomic E-state index is 13.7. The third kappa shape index (κ3) is 3.53. The van der Waals surface area contributed by atoms with E-state index >= 15 is 0 Å². The van der Waals surface area contributed by atoms with Gasteiger partial charge in [-0.3, -0.25) is 9.48 Å². The van der Waals surface area contributed by atoms with Crippen molar-refractivity contribution >= 4 is 35.1 Å². The smallest absolute Gasteiger partial charge is 0.315 e. The normalized spacial score (nSPS) is 15.2. The zero-order valence-corrected chi connectivity index (χ0v) is 17.9. The average molecular weight is 473 g/mol. The number of hydrogen-bond donors (Lipinski definition) is 2. The van der Waals surface area contributed by atoms with Crippen LogP contribution < -0.4 is 11.5 Å². The predicted octanol–water partition coefficient (Wildman–Crippen LogP) is 3.45. The molecule has 1 aliphatic rings. The molecule has 1 aromatic heterocycles. The number of primary amides is 2. The van der Waals surface area contributed by atoms with E-state index in [1.165, 1.54) is 29.2 Å². The zero-order valence-electron chi connectivity index (χ0n) is 16.3. The quantitative estimate of drug-likeness (QED) is 0.603. The first-order valence-electron chi connectivity index (χ1n) is 9.34. The summed E-state index contributed by atoms with van der Waals surface area (Å²) in [6.07, 6.45) is 0. The van der Waals surface area contributed by atoms with Gasteiger partial charge in [-0.05, 0) is 35.9 Å². The van der Waals surface area contributed by atoms with Crippen molar-refractivity contribution < 1.29 is 14.0 Å². The second-order valence-corrected chi connectivity index (χ2v) is 7.92. The Bertz CT molecular complexity index is 1320. The summed E-state index contributed by atoms with van der Waals surface area (Å²) < 4.78 is 15.2. The summed E-state index contributed by atoms with van der Waals surface area (Å²) in [5.41, 5.74) is 13.1. The van der Waals surface area contributed by atoms with Crippen LogP contribution in [0.3, 0.4) is 0 Å². The number of carbonyl (C=O) groups excluding carboxylic acids is 2. The number of halogens is 3. The Kier molecular flexibility index (Phi) is 5.50. The van der Waals surface area contributed by atoms with Crippen molar-refractivity contribution in [3.63, 3.8) is 0 Å². The van der Waals surface area contributed by atoms with Gasteiger partial charge in [0.15, 0.2) is 0 Å². The molecule has 1 atom stereocenters. The van der Waals surface area contributed by atoms with Crippen LogP contribution in [0.4, 0.5) is 9.18 Å². The number of nitrogens with two attached hydrogens (primary N) is 2. The van der Waals surface area contributed by atoms with E-state index in [2.05, 4.69) is 5.10 Å². The molecule has 0 spiro atoms. The first kappa shape index (κ1) is 21.6. The maximum atomic E-state index is 13.7. The van der Waals surface area contributed by atoms with Crippen LogP contribution in [-0.4, -0.2) is 33.2 Å². The molecule has 1 aliphatic heterocycles. The molecule has 162 valence electrons. The average Bonchev–Trinajstić information content (AvgIpc) is 3.14. The Morgan fingerprint density at radius 3 is 2.47 bits per heavy atom. The SMILES string of the molecule is N#Cc1ccc(C2c3c(C(N)=O)c(-c4ccc(F)c(Cl)c4)nn3CCN2C(N)=O)cc1Cl. The Morgan fingerprint density at radius 2 is 1.88 bits per heavy atom. The van der Waals surface area contributed by atoms with Crippen LogP contribution in [-0.2, 0) is 6.54 Å². The van der Waals surface area contributed by atoms with Gasteiger partial charge in [0.1, 0.15) is 23.6 Å². The molecule has 2 aromatic carbocycles. The molecule has 4 N–H and O–H groups in total. The largest absolute Gasteiger partial charge is 0.365 e. The van der Waals surface area contributed by atoms with E-state index in [4.69, 9.17) is 34.7 Å². The van der Waals surface area contributed by atoms with Crippen LogP contribution in [0.2, 0.25) is 10.0 Å². The number of aromatic nitrogens is 2.